The van der Waals surface area contributed by atoms with E-state index in [1.165, 1.54) is 50.5 Å². The molecular formula is C23H18N2O5S. The third-order valence-corrected chi connectivity index (χ3v) is 6.91. The number of fused-ring (bicyclic) bond motifs is 2. The SMILES string of the molecule is CN(C)S(=O)(=O)c1ccc(C(=O)Nc2ccc3c(c2)C(=O)c2ccccc2C3=O)cc1. The Kier molecular flexibility index (Phi) is 5.04. The summed E-state index contributed by atoms with van der Waals surface area (Å²) in [5.74, 6) is -0.982. The molecule has 0 saturated heterocycles. The fourth-order valence-corrected chi connectivity index (χ4v) is 4.27. The smallest absolute Gasteiger partial charge is 0.255 e. The van der Waals surface area contributed by atoms with E-state index in [1.54, 1.807) is 30.3 Å². The third-order valence-electron chi connectivity index (χ3n) is 5.08. The van der Waals surface area contributed by atoms with Crippen molar-refractivity contribution in [3.8, 4) is 0 Å². The molecule has 7 nitrogen and oxygen atoms in total. The zero-order valence-electron chi connectivity index (χ0n) is 16.7. The monoisotopic (exact) mass is 434 g/mol. The van der Waals surface area contributed by atoms with Gasteiger partial charge in [-0.25, -0.2) is 12.7 Å². The van der Waals surface area contributed by atoms with Crippen LogP contribution in [-0.2, 0) is 10.0 Å². The van der Waals surface area contributed by atoms with E-state index in [-0.39, 0.29) is 27.6 Å². The van der Waals surface area contributed by atoms with E-state index in [4.69, 9.17) is 0 Å². The van der Waals surface area contributed by atoms with E-state index < -0.39 is 15.9 Å². The van der Waals surface area contributed by atoms with Crippen LogP contribution in [0.2, 0.25) is 0 Å². The highest BCUT2D eigenvalue weighted by Crippen LogP contribution is 2.29. The summed E-state index contributed by atoms with van der Waals surface area (Å²) in [6.07, 6.45) is 0. The van der Waals surface area contributed by atoms with Crippen molar-refractivity contribution in [1.29, 1.82) is 0 Å². The molecule has 0 aliphatic heterocycles. The van der Waals surface area contributed by atoms with Gasteiger partial charge in [0, 0.05) is 47.6 Å². The van der Waals surface area contributed by atoms with Gasteiger partial charge < -0.3 is 5.32 Å². The largest absolute Gasteiger partial charge is 0.322 e. The molecular weight excluding hydrogens is 416 g/mol. The van der Waals surface area contributed by atoms with Gasteiger partial charge in [-0.3, -0.25) is 14.4 Å². The summed E-state index contributed by atoms with van der Waals surface area (Å²) < 4.78 is 25.4. The van der Waals surface area contributed by atoms with Crippen LogP contribution >= 0.6 is 0 Å². The quantitative estimate of drug-likeness (QED) is 0.532. The van der Waals surface area contributed by atoms with Gasteiger partial charge in [-0.2, -0.15) is 0 Å². The summed E-state index contributed by atoms with van der Waals surface area (Å²) in [6.45, 7) is 0. The molecule has 31 heavy (non-hydrogen) atoms. The molecule has 0 radical (unpaired) electrons. The number of anilines is 1. The van der Waals surface area contributed by atoms with E-state index in [1.807, 2.05) is 0 Å². The van der Waals surface area contributed by atoms with Gasteiger partial charge in [-0.05, 0) is 42.5 Å². The number of carbonyl (C=O) groups excluding carboxylic acids is 3. The number of nitrogens with zero attached hydrogens (tertiary/aromatic N) is 1. The van der Waals surface area contributed by atoms with Crippen LogP contribution in [0.1, 0.15) is 42.2 Å². The van der Waals surface area contributed by atoms with Crippen molar-refractivity contribution in [2.75, 3.05) is 19.4 Å². The van der Waals surface area contributed by atoms with Crippen LogP contribution < -0.4 is 5.32 Å². The molecule has 0 spiro atoms. The minimum atomic E-state index is -3.59. The van der Waals surface area contributed by atoms with E-state index >= 15 is 0 Å². The van der Waals surface area contributed by atoms with E-state index in [0.29, 0.717) is 22.4 Å². The molecule has 0 unspecified atom stereocenters. The average Bonchev–Trinajstić information content (AvgIpc) is 2.77. The molecule has 8 heteroatoms. The summed E-state index contributed by atoms with van der Waals surface area (Å²) in [6, 6.07) is 16.7. The van der Waals surface area contributed by atoms with E-state index in [0.717, 1.165) is 4.31 Å². The van der Waals surface area contributed by atoms with E-state index in [2.05, 4.69) is 5.32 Å². The van der Waals surface area contributed by atoms with Crippen LogP contribution in [0, 0.1) is 0 Å². The summed E-state index contributed by atoms with van der Waals surface area (Å²) >= 11 is 0. The van der Waals surface area contributed by atoms with Crippen LogP contribution in [-0.4, -0.2) is 44.3 Å². The Balaban J connectivity index is 1.59. The molecule has 0 aromatic heterocycles. The first-order valence-electron chi connectivity index (χ1n) is 9.36. The molecule has 1 amide bonds. The maximum absolute atomic E-state index is 12.8. The molecule has 3 aromatic carbocycles. The third kappa shape index (κ3) is 3.56. The van der Waals surface area contributed by atoms with Gasteiger partial charge in [0.05, 0.1) is 4.90 Å². The Bertz CT molecular complexity index is 1340. The molecule has 4 rings (SSSR count). The van der Waals surface area contributed by atoms with Crippen LogP contribution in [0.15, 0.2) is 71.6 Å². The number of rotatable bonds is 4. The number of benzene rings is 3. The van der Waals surface area contributed by atoms with Gasteiger partial charge in [0.2, 0.25) is 10.0 Å². The molecule has 0 fully saturated rings. The zero-order valence-corrected chi connectivity index (χ0v) is 17.6. The summed E-state index contributed by atoms with van der Waals surface area (Å²) in [7, 11) is -0.738. The number of hydrogen-bond donors (Lipinski definition) is 1. The maximum atomic E-state index is 12.8. The molecule has 0 heterocycles. The number of amides is 1. The van der Waals surface area contributed by atoms with Gasteiger partial charge in [-0.15, -0.1) is 0 Å². The highest BCUT2D eigenvalue weighted by atomic mass is 32.2. The lowest BCUT2D eigenvalue weighted by Crippen LogP contribution is -2.22. The topological polar surface area (TPSA) is 101 Å². The highest BCUT2D eigenvalue weighted by Gasteiger charge is 2.29. The molecule has 0 saturated carbocycles. The average molecular weight is 434 g/mol. The van der Waals surface area contributed by atoms with Gasteiger partial charge in [0.15, 0.2) is 11.6 Å². The Morgan fingerprint density at radius 2 is 1.32 bits per heavy atom. The number of ketones is 2. The summed E-state index contributed by atoms with van der Waals surface area (Å²) in [4.78, 5) is 38.2. The normalized spacial score (nSPS) is 13.0. The number of nitrogens with one attached hydrogen (secondary N) is 1. The van der Waals surface area contributed by atoms with Crippen LogP contribution in [0.5, 0.6) is 0 Å². The van der Waals surface area contributed by atoms with Gasteiger partial charge in [-0.1, -0.05) is 24.3 Å². The molecule has 1 aliphatic carbocycles. The second-order valence-electron chi connectivity index (χ2n) is 7.23. The number of hydrogen-bond acceptors (Lipinski definition) is 5. The lowest BCUT2D eigenvalue weighted by molar-refractivity contribution is 0.0979. The van der Waals surface area contributed by atoms with Crippen LogP contribution in [0.3, 0.4) is 0 Å². The Hall–Kier alpha value is -3.62. The molecule has 0 atom stereocenters. The first-order chi connectivity index (χ1) is 14.7. The first kappa shape index (κ1) is 20.6. The second kappa shape index (κ2) is 7.57. The lowest BCUT2D eigenvalue weighted by atomic mass is 9.84. The van der Waals surface area contributed by atoms with Crippen molar-refractivity contribution in [3.05, 3.63) is 94.5 Å². The van der Waals surface area contributed by atoms with Crippen molar-refractivity contribution < 1.29 is 22.8 Å². The van der Waals surface area contributed by atoms with Crippen molar-refractivity contribution in [2.24, 2.45) is 0 Å². The predicted octanol–water partition coefficient (Wildman–Crippen LogP) is 2.96. The molecule has 3 aromatic rings. The van der Waals surface area contributed by atoms with Crippen molar-refractivity contribution in [1.82, 2.24) is 4.31 Å². The van der Waals surface area contributed by atoms with Crippen LogP contribution in [0.4, 0.5) is 5.69 Å². The van der Waals surface area contributed by atoms with Gasteiger partial charge in [0.25, 0.3) is 5.91 Å². The molecule has 1 N–H and O–H groups in total. The number of sulfonamides is 1. The van der Waals surface area contributed by atoms with Gasteiger partial charge >= 0.3 is 0 Å². The summed E-state index contributed by atoms with van der Waals surface area (Å²) in [5.41, 5.74) is 1.83. The van der Waals surface area contributed by atoms with Crippen molar-refractivity contribution in [2.45, 2.75) is 4.90 Å². The molecule has 156 valence electrons. The minimum absolute atomic E-state index is 0.0746. The Morgan fingerprint density at radius 1 is 0.774 bits per heavy atom. The fraction of sp³-hybridized carbons (Fsp3) is 0.0870. The molecule has 1 aliphatic rings. The van der Waals surface area contributed by atoms with Crippen LogP contribution in [0.25, 0.3) is 0 Å². The minimum Gasteiger partial charge on any atom is -0.322 e. The standard InChI is InChI=1S/C23H18N2O5S/c1-25(2)31(29,30)16-10-7-14(8-11-16)23(28)24-15-9-12-19-20(13-15)22(27)18-6-4-3-5-17(18)21(19)26/h3-13H,1-2H3,(H,24,28). The van der Waals surface area contributed by atoms with Crippen molar-refractivity contribution in [3.63, 3.8) is 0 Å². The van der Waals surface area contributed by atoms with Gasteiger partial charge in [0.1, 0.15) is 0 Å². The fourth-order valence-electron chi connectivity index (χ4n) is 3.37. The molecule has 0 bridgehead atoms. The zero-order chi connectivity index (χ0) is 22.3. The number of carbonyl (C=O) groups is 3. The Labute approximate surface area is 179 Å². The maximum Gasteiger partial charge on any atom is 0.255 e. The second-order valence-corrected chi connectivity index (χ2v) is 9.38. The Morgan fingerprint density at radius 3 is 1.90 bits per heavy atom. The highest BCUT2D eigenvalue weighted by molar-refractivity contribution is 7.89. The summed E-state index contributed by atoms with van der Waals surface area (Å²) in [5, 5.41) is 2.69. The first-order valence-corrected chi connectivity index (χ1v) is 10.8. The lowest BCUT2D eigenvalue weighted by Gasteiger charge is -2.18. The predicted molar refractivity (Wildman–Crippen MR) is 115 cm³/mol. The van der Waals surface area contributed by atoms with Crippen molar-refractivity contribution >= 4 is 33.2 Å². The van der Waals surface area contributed by atoms with E-state index in [9.17, 15) is 22.8 Å².